The van der Waals surface area contributed by atoms with Gasteiger partial charge in [0.1, 0.15) is 0 Å². The molecule has 0 saturated carbocycles. The molecule has 4 heteroatoms. The van der Waals surface area contributed by atoms with Gasteiger partial charge in [-0.3, -0.25) is 4.79 Å². The van der Waals surface area contributed by atoms with Crippen LogP contribution in [0.15, 0.2) is 24.3 Å². The number of anilines is 1. The number of hydrogen-bond donors (Lipinski definition) is 2. The number of nitrogens with zero attached hydrogens (tertiary/aromatic N) is 1. The highest BCUT2D eigenvalue weighted by Gasteiger charge is 2.22. The van der Waals surface area contributed by atoms with Crippen molar-refractivity contribution in [3.63, 3.8) is 0 Å². The van der Waals surface area contributed by atoms with Crippen LogP contribution in [0.5, 0.6) is 0 Å². The number of hydrogen-bond acceptors (Lipinski definition) is 3. The molecule has 1 aromatic carbocycles. The molecule has 0 unspecified atom stereocenters. The summed E-state index contributed by atoms with van der Waals surface area (Å²) in [6.07, 6.45) is 0.554. The van der Waals surface area contributed by atoms with Crippen molar-refractivity contribution in [2.24, 2.45) is 0 Å². The molecule has 0 bridgehead atoms. The predicted molar refractivity (Wildman–Crippen MR) is 78.3 cm³/mol. The molecule has 104 valence electrons. The lowest BCUT2D eigenvalue weighted by molar-refractivity contribution is -0.133. The Balaban J connectivity index is 1.79. The van der Waals surface area contributed by atoms with Crippen LogP contribution in [-0.4, -0.2) is 43.0 Å². The zero-order valence-corrected chi connectivity index (χ0v) is 11.8. The molecule has 0 aliphatic carbocycles. The molecule has 0 spiro atoms. The highest BCUT2D eigenvalue weighted by atomic mass is 16.2. The van der Waals surface area contributed by atoms with Crippen LogP contribution in [0.3, 0.4) is 0 Å². The van der Waals surface area contributed by atoms with Gasteiger partial charge in [0, 0.05) is 44.3 Å². The van der Waals surface area contributed by atoms with Crippen molar-refractivity contribution in [1.82, 2.24) is 10.2 Å². The van der Waals surface area contributed by atoms with Gasteiger partial charge in [-0.05, 0) is 25.5 Å². The first kappa shape index (κ1) is 13.9. The fourth-order valence-corrected chi connectivity index (χ4v) is 2.43. The maximum Gasteiger partial charge on any atom is 0.224 e. The van der Waals surface area contributed by atoms with E-state index in [1.54, 1.807) is 0 Å². The van der Waals surface area contributed by atoms with E-state index in [1.165, 1.54) is 5.56 Å². The summed E-state index contributed by atoms with van der Waals surface area (Å²) in [5, 5.41) is 6.63. The Morgan fingerprint density at radius 2 is 2.26 bits per heavy atom. The Hall–Kier alpha value is -1.55. The number of carbonyl (C=O) groups excluding carboxylic acids is 1. The van der Waals surface area contributed by atoms with Crippen LogP contribution in [0.1, 0.15) is 18.9 Å². The summed E-state index contributed by atoms with van der Waals surface area (Å²) in [6.45, 7) is 7.49. The molecule has 0 radical (unpaired) electrons. The number of carbonyl (C=O) groups is 1. The van der Waals surface area contributed by atoms with Gasteiger partial charge >= 0.3 is 0 Å². The van der Waals surface area contributed by atoms with Crippen molar-refractivity contribution in [3.8, 4) is 0 Å². The highest BCUT2D eigenvalue weighted by molar-refractivity contribution is 5.77. The fraction of sp³-hybridized carbons (Fsp3) is 0.533. The van der Waals surface area contributed by atoms with E-state index in [4.69, 9.17) is 0 Å². The average Bonchev–Trinajstić information content (AvgIpc) is 2.41. The molecular formula is C15H23N3O. The maximum atomic E-state index is 12.1. The number of nitrogens with one attached hydrogen (secondary N) is 2. The minimum absolute atomic E-state index is 0.245. The van der Waals surface area contributed by atoms with E-state index in [9.17, 15) is 4.79 Å². The van der Waals surface area contributed by atoms with Gasteiger partial charge in [0.2, 0.25) is 5.91 Å². The van der Waals surface area contributed by atoms with Crippen LogP contribution in [0.25, 0.3) is 0 Å². The molecule has 1 fully saturated rings. The first-order chi connectivity index (χ1) is 9.18. The molecular weight excluding hydrogens is 238 g/mol. The van der Waals surface area contributed by atoms with Crippen molar-refractivity contribution in [2.75, 3.05) is 31.5 Å². The lowest BCUT2D eigenvalue weighted by atomic mass is 10.2. The van der Waals surface area contributed by atoms with Crippen LogP contribution in [0, 0.1) is 6.92 Å². The summed E-state index contributed by atoms with van der Waals surface area (Å²) in [5.74, 6) is 0.245. The third-order valence-electron chi connectivity index (χ3n) is 3.62. The van der Waals surface area contributed by atoms with Crippen molar-refractivity contribution in [3.05, 3.63) is 29.8 Å². The SMILES string of the molecule is Cc1ccccc1NCCC(=O)N1CCNC[C@@H]1C. The molecule has 1 aromatic rings. The summed E-state index contributed by atoms with van der Waals surface area (Å²) in [5.41, 5.74) is 2.33. The smallest absolute Gasteiger partial charge is 0.224 e. The summed E-state index contributed by atoms with van der Waals surface area (Å²) in [7, 11) is 0. The van der Waals surface area contributed by atoms with Crippen molar-refractivity contribution < 1.29 is 4.79 Å². The highest BCUT2D eigenvalue weighted by Crippen LogP contribution is 2.13. The Kier molecular flexibility index (Phi) is 4.80. The molecule has 1 amide bonds. The minimum Gasteiger partial charge on any atom is -0.384 e. The van der Waals surface area contributed by atoms with E-state index < -0.39 is 0 Å². The fourth-order valence-electron chi connectivity index (χ4n) is 2.43. The number of rotatable bonds is 4. The molecule has 2 rings (SSSR count). The van der Waals surface area contributed by atoms with Crippen LogP contribution < -0.4 is 10.6 Å². The summed E-state index contributed by atoms with van der Waals surface area (Å²) >= 11 is 0. The lowest BCUT2D eigenvalue weighted by Gasteiger charge is -2.34. The van der Waals surface area contributed by atoms with E-state index >= 15 is 0 Å². The second-order valence-corrected chi connectivity index (χ2v) is 5.13. The molecule has 19 heavy (non-hydrogen) atoms. The van der Waals surface area contributed by atoms with Gasteiger partial charge in [-0.2, -0.15) is 0 Å². The molecule has 2 N–H and O–H groups in total. The Bertz CT molecular complexity index is 433. The molecule has 4 nitrogen and oxygen atoms in total. The van der Waals surface area contributed by atoms with Gasteiger partial charge < -0.3 is 15.5 Å². The molecule has 1 saturated heterocycles. The first-order valence-corrected chi connectivity index (χ1v) is 6.98. The standard InChI is InChI=1S/C15H23N3O/c1-12-5-3-4-6-14(12)17-8-7-15(19)18-10-9-16-11-13(18)2/h3-6,13,16-17H,7-11H2,1-2H3/t13-/m0/s1. The van der Waals surface area contributed by atoms with E-state index in [0.29, 0.717) is 19.0 Å². The van der Waals surface area contributed by atoms with E-state index in [1.807, 2.05) is 23.1 Å². The third kappa shape index (κ3) is 3.70. The second-order valence-electron chi connectivity index (χ2n) is 5.13. The van der Waals surface area contributed by atoms with Gasteiger partial charge in [0.25, 0.3) is 0 Å². The lowest BCUT2D eigenvalue weighted by Crippen LogP contribution is -2.52. The molecule has 1 heterocycles. The molecule has 1 aliphatic heterocycles. The van der Waals surface area contributed by atoms with Gasteiger partial charge in [-0.1, -0.05) is 18.2 Å². The van der Waals surface area contributed by atoms with E-state index in [0.717, 1.165) is 25.3 Å². The predicted octanol–water partition coefficient (Wildman–Crippen LogP) is 1.62. The normalized spacial score (nSPS) is 19.3. The van der Waals surface area contributed by atoms with Gasteiger partial charge in [-0.25, -0.2) is 0 Å². The van der Waals surface area contributed by atoms with Crippen LogP contribution in [-0.2, 0) is 4.79 Å². The summed E-state index contributed by atoms with van der Waals surface area (Å²) in [4.78, 5) is 14.1. The number of piperazine rings is 1. The Morgan fingerprint density at radius 3 is 3.00 bits per heavy atom. The largest absolute Gasteiger partial charge is 0.384 e. The molecule has 1 atom stereocenters. The average molecular weight is 261 g/mol. The maximum absolute atomic E-state index is 12.1. The first-order valence-electron chi connectivity index (χ1n) is 6.98. The number of amides is 1. The van der Waals surface area contributed by atoms with E-state index in [-0.39, 0.29) is 5.91 Å². The Labute approximate surface area is 115 Å². The van der Waals surface area contributed by atoms with Gasteiger partial charge in [0.15, 0.2) is 0 Å². The molecule has 1 aliphatic rings. The monoisotopic (exact) mass is 261 g/mol. The summed E-state index contributed by atoms with van der Waals surface area (Å²) in [6, 6.07) is 8.46. The zero-order valence-electron chi connectivity index (χ0n) is 11.8. The van der Waals surface area contributed by atoms with Crippen LogP contribution in [0.4, 0.5) is 5.69 Å². The minimum atomic E-state index is 0.245. The summed E-state index contributed by atoms with van der Waals surface area (Å²) < 4.78 is 0. The van der Waals surface area contributed by atoms with Crippen LogP contribution >= 0.6 is 0 Å². The zero-order chi connectivity index (χ0) is 13.7. The van der Waals surface area contributed by atoms with Crippen LogP contribution in [0.2, 0.25) is 0 Å². The van der Waals surface area contributed by atoms with E-state index in [2.05, 4.69) is 30.5 Å². The third-order valence-corrected chi connectivity index (χ3v) is 3.62. The quantitative estimate of drug-likeness (QED) is 0.865. The van der Waals surface area contributed by atoms with Crippen molar-refractivity contribution in [2.45, 2.75) is 26.3 Å². The molecule has 0 aromatic heterocycles. The van der Waals surface area contributed by atoms with Crippen molar-refractivity contribution >= 4 is 11.6 Å². The number of para-hydroxylation sites is 1. The Morgan fingerprint density at radius 1 is 1.47 bits per heavy atom. The number of aryl methyl sites for hydroxylation is 1. The van der Waals surface area contributed by atoms with Gasteiger partial charge in [-0.15, -0.1) is 0 Å². The second kappa shape index (κ2) is 6.57. The van der Waals surface area contributed by atoms with Gasteiger partial charge in [0.05, 0.1) is 0 Å². The number of benzene rings is 1. The van der Waals surface area contributed by atoms with Crippen molar-refractivity contribution in [1.29, 1.82) is 0 Å². The topological polar surface area (TPSA) is 44.4 Å².